The van der Waals surface area contributed by atoms with Gasteiger partial charge in [0.2, 0.25) is 0 Å². The molecule has 0 bridgehead atoms. The van der Waals surface area contributed by atoms with Gasteiger partial charge < -0.3 is 15.3 Å². The minimum atomic E-state index is -1.43. The third-order valence-corrected chi connectivity index (χ3v) is 3.63. The number of pyridine rings is 1. The minimum absolute atomic E-state index is 0.382. The van der Waals surface area contributed by atoms with Crippen LogP contribution in [-0.2, 0) is 16.0 Å². The fourth-order valence-electron chi connectivity index (χ4n) is 2.67. The number of aliphatic carboxylic acids is 1. The van der Waals surface area contributed by atoms with E-state index in [9.17, 15) is 9.59 Å². The molecule has 1 amide bonds. The molecule has 0 aromatic carbocycles. The summed E-state index contributed by atoms with van der Waals surface area (Å²) in [5.41, 5.74) is 2.69. The summed E-state index contributed by atoms with van der Waals surface area (Å²) in [6.07, 6.45) is 1.47. The number of aromatic nitrogens is 1. The number of nitrogens with one attached hydrogen (secondary N) is 2. The highest BCUT2D eigenvalue weighted by atomic mass is 16.4. The maximum absolute atomic E-state index is 11.7. The number of anilines is 1. The van der Waals surface area contributed by atoms with Gasteiger partial charge in [-0.3, -0.25) is 15.1 Å². The zero-order chi connectivity index (χ0) is 14.1. The van der Waals surface area contributed by atoms with Crippen molar-refractivity contribution in [1.29, 1.82) is 0 Å². The molecule has 20 heavy (non-hydrogen) atoms. The predicted molar refractivity (Wildman–Crippen MR) is 71.1 cm³/mol. The lowest BCUT2D eigenvalue weighted by Gasteiger charge is -2.24. The van der Waals surface area contributed by atoms with E-state index in [0.717, 1.165) is 30.8 Å². The Bertz CT molecular complexity index is 561. The summed E-state index contributed by atoms with van der Waals surface area (Å²) in [7, 11) is 0. The molecule has 0 saturated carbocycles. The van der Waals surface area contributed by atoms with Gasteiger partial charge in [0.25, 0.3) is 0 Å². The number of carbonyl (C=O) groups is 2. The normalized spacial score (nSPS) is 21.2. The summed E-state index contributed by atoms with van der Waals surface area (Å²) in [6, 6.07) is 3.78. The van der Waals surface area contributed by atoms with Crippen LogP contribution in [0.15, 0.2) is 12.1 Å². The number of hydrogen-bond acceptors (Lipinski definition) is 5. The molecule has 2 aliphatic heterocycles. The zero-order valence-electron chi connectivity index (χ0n) is 10.9. The highest BCUT2D eigenvalue weighted by molar-refractivity contribution is 6.31. The van der Waals surface area contributed by atoms with Gasteiger partial charge in [-0.15, -0.1) is 0 Å². The zero-order valence-corrected chi connectivity index (χ0v) is 10.9. The topological polar surface area (TPSA) is 94.6 Å². The second-order valence-electron chi connectivity index (χ2n) is 4.92. The first kappa shape index (κ1) is 12.9. The Morgan fingerprint density at radius 2 is 2.20 bits per heavy atom. The summed E-state index contributed by atoms with van der Waals surface area (Å²) in [6.45, 7) is 1.90. The molecule has 0 radical (unpaired) electrons. The average Bonchev–Trinajstić information content (AvgIpc) is 2.95. The molecule has 106 valence electrons. The Morgan fingerprint density at radius 3 is 3.00 bits per heavy atom. The third-order valence-electron chi connectivity index (χ3n) is 3.63. The molecule has 0 spiro atoms. The molecule has 3 heterocycles. The molecule has 1 aromatic rings. The van der Waals surface area contributed by atoms with Crippen molar-refractivity contribution in [2.75, 3.05) is 25.0 Å². The van der Waals surface area contributed by atoms with E-state index in [4.69, 9.17) is 5.11 Å². The maximum atomic E-state index is 11.7. The van der Waals surface area contributed by atoms with Crippen molar-refractivity contribution in [1.82, 2.24) is 15.2 Å². The molecule has 1 saturated heterocycles. The summed E-state index contributed by atoms with van der Waals surface area (Å²) < 4.78 is 0. The Hall–Kier alpha value is -2.15. The standard InChI is InChI=1S/C13H16N4O3/c18-12(13(19)20)17-7-6-15-11(17)10-4-3-8-9(16-10)2-1-5-14-8/h3-4,11,14-15H,1-2,5-7H2,(H,19,20). The SMILES string of the molecule is O=C(O)C(=O)N1CCNC1c1ccc2c(n1)CCCN2. The van der Waals surface area contributed by atoms with Gasteiger partial charge in [-0.05, 0) is 25.0 Å². The molecule has 3 N–H and O–H groups in total. The molecule has 0 aliphatic carbocycles. The van der Waals surface area contributed by atoms with Crippen molar-refractivity contribution in [2.24, 2.45) is 0 Å². The van der Waals surface area contributed by atoms with Crippen LogP contribution in [0.2, 0.25) is 0 Å². The number of fused-ring (bicyclic) bond motifs is 1. The van der Waals surface area contributed by atoms with Gasteiger partial charge in [0.1, 0.15) is 6.17 Å². The van der Waals surface area contributed by atoms with Crippen LogP contribution in [0.5, 0.6) is 0 Å². The van der Waals surface area contributed by atoms with Gasteiger partial charge in [-0.1, -0.05) is 0 Å². The Kier molecular flexibility index (Phi) is 3.27. The molecule has 2 aliphatic rings. The van der Waals surface area contributed by atoms with Crippen molar-refractivity contribution in [3.05, 3.63) is 23.5 Å². The Morgan fingerprint density at radius 1 is 1.35 bits per heavy atom. The lowest BCUT2D eigenvalue weighted by molar-refractivity contribution is -0.156. The smallest absolute Gasteiger partial charge is 0.394 e. The summed E-state index contributed by atoms with van der Waals surface area (Å²) in [4.78, 5) is 28.4. The average molecular weight is 276 g/mol. The molecule has 7 heteroatoms. The molecule has 1 atom stereocenters. The molecule has 1 fully saturated rings. The summed E-state index contributed by atoms with van der Waals surface area (Å²) in [5.74, 6) is -2.32. The summed E-state index contributed by atoms with van der Waals surface area (Å²) >= 11 is 0. The van der Waals surface area contributed by atoms with Crippen molar-refractivity contribution in [3.63, 3.8) is 0 Å². The number of carbonyl (C=O) groups excluding carboxylic acids is 1. The van der Waals surface area contributed by atoms with Crippen LogP contribution in [0, 0.1) is 0 Å². The third kappa shape index (κ3) is 2.20. The first-order chi connectivity index (χ1) is 9.66. The van der Waals surface area contributed by atoms with E-state index < -0.39 is 18.0 Å². The fourth-order valence-corrected chi connectivity index (χ4v) is 2.67. The van der Waals surface area contributed by atoms with Crippen molar-refractivity contribution < 1.29 is 14.7 Å². The van der Waals surface area contributed by atoms with E-state index in [-0.39, 0.29) is 0 Å². The van der Waals surface area contributed by atoms with Crippen molar-refractivity contribution in [2.45, 2.75) is 19.0 Å². The number of amides is 1. The van der Waals surface area contributed by atoms with Gasteiger partial charge in [0.15, 0.2) is 0 Å². The van der Waals surface area contributed by atoms with Crippen LogP contribution >= 0.6 is 0 Å². The monoisotopic (exact) mass is 276 g/mol. The Labute approximate surface area is 116 Å². The first-order valence-electron chi connectivity index (χ1n) is 6.68. The van der Waals surface area contributed by atoms with Crippen LogP contribution in [0.25, 0.3) is 0 Å². The molecular formula is C13H16N4O3. The van der Waals surface area contributed by atoms with Crippen LogP contribution in [0.3, 0.4) is 0 Å². The maximum Gasteiger partial charge on any atom is 0.394 e. The van der Waals surface area contributed by atoms with Crippen LogP contribution in [-0.4, -0.2) is 46.5 Å². The van der Waals surface area contributed by atoms with E-state index in [0.29, 0.717) is 18.8 Å². The van der Waals surface area contributed by atoms with Crippen LogP contribution in [0.1, 0.15) is 24.0 Å². The number of carboxylic acid groups (broad SMARTS) is 1. The quantitative estimate of drug-likeness (QED) is 0.623. The highest BCUT2D eigenvalue weighted by Crippen LogP contribution is 2.25. The molecular weight excluding hydrogens is 260 g/mol. The predicted octanol–water partition coefficient (Wildman–Crippen LogP) is -0.0453. The lowest BCUT2D eigenvalue weighted by atomic mass is 10.1. The van der Waals surface area contributed by atoms with Gasteiger partial charge in [-0.25, -0.2) is 4.79 Å². The largest absolute Gasteiger partial charge is 0.474 e. The minimum Gasteiger partial charge on any atom is -0.474 e. The van der Waals surface area contributed by atoms with E-state index in [1.165, 1.54) is 4.90 Å². The fraction of sp³-hybridized carbons (Fsp3) is 0.462. The summed E-state index contributed by atoms with van der Waals surface area (Å²) in [5, 5.41) is 15.2. The highest BCUT2D eigenvalue weighted by Gasteiger charge is 2.34. The van der Waals surface area contributed by atoms with Crippen LogP contribution < -0.4 is 10.6 Å². The van der Waals surface area contributed by atoms with E-state index >= 15 is 0 Å². The number of hydrogen-bond donors (Lipinski definition) is 3. The van der Waals surface area contributed by atoms with E-state index in [1.54, 1.807) is 0 Å². The molecule has 1 unspecified atom stereocenters. The van der Waals surface area contributed by atoms with E-state index in [2.05, 4.69) is 15.6 Å². The van der Waals surface area contributed by atoms with Gasteiger partial charge in [0.05, 0.1) is 17.1 Å². The number of rotatable bonds is 1. The Balaban J connectivity index is 1.88. The van der Waals surface area contributed by atoms with Crippen LogP contribution in [0.4, 0.5) is 5.69 Å². The molecule has 1 aromatic heterocycles. The number of nitrogens with zero attached hydrogens (tertiary/aromatic N) is 2. The van der Waals surface area contributed by atoms with Gasteiger partial charge in [0, 0.05) is 19.6 Å². The van der Waals surface area contributed by atoms with E-state index in [1.807, 2.05) is 12.1 Å². The molecule has 3 rings (SSSR count). The van der Waals surface area contributed by atoms with Gasteiger partial charge in [-0.2, -0.15) is 0 Å². The second-order valence-corrected chi connectivity index (χ2v) is 4.92. The number of carboxylic acids is 1. The first-order valence-corrected chi connectivity index (χ1v) is 6.68. The van der Waals surface area contributed by atoms with Crippen molar-refractivity contribution in [3.8, 4) is 0 Å². The van der Waals surface area contributed by atoms with Crippen molar-refractivity contribution >= 4 is 17.6 Å². The van der Waals surface area contributed by atoms with Gasteiger partial charge >= 0.3 is 11.9 Å². The molecule has 7 nitrogen and oxygen atoms in total. The second kappa shape index (κ2) is 5.09. The number of aryl methyl sites for hydroxylation is 1. The lowest BCUT2D eigenvalue weighted by Crippen LogP contribution is -2.38.